The third-order valence-electron chi connectivity index (χ3n) is 5.26. The summed E-state index contributed by atoms with van der Waals surface area (Å²) in [6.07, 6.45) is 2.17. The van der Waals surface area contributed by atoms with E-state index in [0.29, 0.717) is 6.42 Å². The number of halogens is 1. The number of hydrogen-bond acceptors (Lipinski definition) is 3. The molecular weight excluding hydrogens is 387 g/mol. The quantitative estimate of drug-likeness (QED) is 0.615. The second-order valence-corrected chi connectivity index (χ2v) is 7.37. The van der Waals surface area contributed by atoms with Crippen molar-refractivity contribution in [1.29, 1.82) is 0 Å². The normalized spacial score (nSPS) is 16.2. The minimum absolute atomic E-state index is 0.252. The van der Waals surface area contributed by atoms with Gasteiger partial charge in [-0.05, 0) is 29.3 Å². The Labute approximate surface area is 172 Å². The Morgan fingerprint density at radius 2 is 1.87 bits per heavy atom. The zero-order valence-corrected chi connectivity index (χ0v) is 16.4. The van der Waals surface area contributed by atoms with E-state index in [0.717, 1.165) is 26.9 Å². The molecule has 1 atom stereocenters. The van der Waals surface area contributed by atoms with E-state index in [2.05, 4.69) is 10.3 Å². The Hall–Kier alpha value is -3.68. The molecule has 0 bridgehead atoms. The van der Waals surface area contributed by atoms with Crippen molar-refractivity contribution < 1.29 is 18.8 Å². The van der Waals surface area contributed by atoms with Crippen LogP contribution in [0.15, 0.2) is 54.7 Å². The number of para-hydroxylation sites is 1. The zero-order chi connectivity index (χ0) is 21.3. The Balaban J connectivity index is 1.39. The average molecular weight is 408 g/mol. The number of likely N-dealkylation sites (N-methyl/N-ethyl adjacent to an activating group) is 1. The van der Waals surface area contributed by atoms with Gasteiger partial charge in [0.1, 0.15) is 18.4 Å². The first-order valence-corrected chi connectivity index (χ1v) is 9.57. The van der Waals surface area contributed by atoms with E-state index in [-0.39, 0.29) is 24.8 Å². The number of H-pyrrole nitrogens is 1. The van der Waals surface area contributed by atoms with Crippen LogP contribution in [0, 0.1) is 5.82 Å². The van der Waals surface area contributed by atoms with Gasteiger partial charge in [0.15, 0.2) is 0 Å². The van der Waals surface area contributed by atoms with E-state index in [9.17, 15) is 18.8 Å². The molecule has 1 aliphatic heterocycles. The second-order valence-electron chi connectivity index (χ2n) is 7.37. The number of fused-ring (bicyclic) bond motifs is 1. The van der Waals surface area contributed by atoms with Crippen LogP contribution in [0.25, 0.3) is 10.9 Å². The van der Waals surface area contributed by atoms with Crippen LogP contribution in [0.3, 0.4) is 0 Å². The molecule has 0 spiro atoms. The van der Waals surface area contributed by atoms with Crippen LogP contribution in [0.4, 0.5) is 9.18 Å². The van der Waals surface area contributed by atoms with Crippen molar-refractivity contribution in [2.24, 2.45) is 0 Å². The highest BCUT2D eigenvalue weighted by Crippen LogP contribution is 2.21. The number of aromatic amines is 1. The van der Waals surface area contributed by atoms with Gasteiger partial charge in [-0.2, -0.15) is 0 Å². The number of rotatable bonds is 6. The molecule has 0 radical (unpaired) electrons. The van der Waals surface area contributed by atoms with Gasteiger partial charge in [0.2, 0.25) is 5.91 Å². The minimum Gasteiger partial charge on any atom is -0.361 e. The molecule has 1 aromatic heterocycles. The van der Waals surface area contributed by atoms with Gasteiger partial charge >= 0.3 is 6.03 Å². The van der Waals surface area contributed by atoms with Gasteiger partial charge in [-0.15, -0.1) is 0 Å². The number of hydrogen-bond donors (Lipinski definition) is 2. The van der Waals surface area contributed by atoms with Gasteiger partial charge in [-0.25, -0.2) is 9.18 Å². The molecule has 2 N–H and O–H groups in total. The van der Waals surface area contributed by atoms with Crippen LogP contribution in [-0.4, -0.2) is 52.3 Å². The van der Waals surface area contributed by atoms with Crippen LogP contribution >= 0.6 is 0 Å². The summed E-state index contributed by atoms with van der Waals surface area (Å²) in [7, 11) is 1.58. The Morgan fingerprint density at radius 3 is 2.63 bits per heavy atom. The lowest BCUT2D eigenvalue weighted by molar-refractivity contribution is -0.136. The fourth-order valence-electron chi connectivity index (χ4n) is 3.59. The van der Waals surface area contributed by atoms with Crippen molar-refractivity contribution in [2.45, 2.75) is 19.0 Å². The van der Waals surface area contributed by atoms with Crippen molar-refractivity contribution in [2.75, 3.05) is 13.6 Å². The number of amides is 4. The van der Waals surface area contributed by atoms with Crippen molar-refractivity contribution >= 4 is 28.7 Å². The molecular formula is C22H21FN4O3. The zero-order valence-electron chi connectivity index (χ0n) is 16.4. The summed E-state index contributed by atoms with van der Waals surface area (Å²) in [6.45, 7) is -0.0890. The highest BCUT2D eigenvalue weighted by atomic mass is 19.1. The molecule has 8 heteroatoms. The summed E-state index contributed by atoms with van der Waals surface area (Å²) in [4.78, 5) is 43.1. The fourth-order valence-corrected chi connectivity index (χ4v) is 3.59. The van der Waals surface area contributed by atoms with E-state index in [1.54, 1.807) is 19.2 Å². The number of nitrogens with one attached hydrogen (secondary N) is 2. The monoisotopic (exact) mass is 408 g/mol. The average Bonchev–Trinajstić information content (AvgIpc) is 3.26. The molecule has 30 heavy (non-hydrogen) atoms. The van der Waals surface area contributed by atoms with Crippen molar-refractivity contribution in [3.05, 3.63) is 71.7 Å². The Morgan fingerprint density at radius 1 is 1.13 bits per heavy atom. The lowest BCUT2D eigenvalue weighted by Gasteiger charge is -2.20. The predicted molar refractivity (Wildman–Crippen MR) is 109 cm³/mol. The largest absolute Gasteiger partial charge is 0.361 e. The molecule has 4 rings (SSSR count). The van der Waals surface area contributed by atoms with Crippen LogP contribution in [0.1, 0.15) is 11.1 Å². The summed E-state index contributed by atoms with van der Waals surface area (Å²) in [5, 5.41) is 3.66. The maximum absolute atomic E-state index is 13.0. The Bertz CT molecular complexity index is 1110. The van der Waals surface area contributed by atoms with E-state index < -0.39 is 18.0 Å². The maximum Gasteiger partial charge on any atom is 0.325 e. The van der Waals surface area contributed by atoms with E-state index in [1.165, 1.54) is 17.0 Å². The lowest BCUT2D eigenvalue weighted by atomic mass is 10.1. The van der Waals surface area contributed by atoms with Crippen molar-refractivity contribution in [1.82, 2.24) is 20.1 Å². The highest BCUT2D eigenvalue weighted by molar-refractivity contribution is 6.06. The fraction of sp³-hybridized carbons (Fsp3) is 0.227. The standard InChI is InChI=1S/C22H21FN4O3/c1-26(12-14-6-8-16(23)9-7-14)20(28)13-27-21(29)19(25-22(27)30)10-15-11-24-18-5-3-2-4-17(15)18/h2-9,11,19,24H,10,12-13H2,1H3,(H,25,30). The molecule has 4 amide bonds. The summed E-state index contributed by atoms with van der Waals surface area (Å²) in [5.74, 6) is -1.15. The van der Waals surface area contributed by atoms with Gasteiger partial charge in [0.25, 0.3) is 5.91 Å². The Kier molecular flexibility index (Phi) is 5.22. The first-order chi connectivity index (χ1) is 14.4. The molecule has 1 aliphatic rings. The molecule has 1 unspecified atom stereocenters. The predicted octanol–water partition coefficient (Wildman–Crippen LogP) is 2.43. The third-order valence-corrected chi connectivity index (χ3v) is 5.26. The number of nitrogens with zero attached hydrogens (tertiary/aromatic N) is 2. The van der Waals surface area contributed by atoms with Gasteiger partial charge in [0, 0.05) is 37.1 Å². The smallest absolute Gasteiger partial charge is 0.325 e. The molecule has 2 aromatic carbocycles. The summed E-state index contributed by atoms with van der Waals surface area (Å²) >= 11 is 0. The molecule has 154 valence electrons. The SMILES string of the molecule is CN(Cc1ccc(F)cc1)C(=O)CN1C(=O)NC(Cc2c[nH]c3ccccc23)C1=O. The molecule has 2 heterocycles. The van der Waals surface area contributed by atoms with E-state index in [4.69, 9.17) is 0 Å². The van der Waals surface area contributed by atoms with Gasteiger partial charge in [-0.1, -0.05) is 30.3 Å². The number of aromatic nitrogens is 1. The van der Waals surface area contributed by atoms with Gasteiger partial charge in [0.05, 0.1) is 0 Å². The van der Waals surface area contributed by atoms with Crippen molar-refractivity contribution in [3.63, 3.8) is 0 Å². The van der Waals surface area contributed by atoms with Crippen LogP contribution in [0.5, 0.6) is 0 Å². The van der Waals surface area contributed by atoms with Crippen LogP contribution < -0.4 is 5.32 Å². The lowest BCUT2D eigenvalue weighted by Crippen LogP contribution is -2.41. The van der Waals surface area contributed by atoms with E-state index in [1.807, 2.05) is 30.5 Å². The number of carbonyl (C=O) groups is 3. The topological polar surface area (TPSA) is 85.5 Å². The minimum atomic E-state index is -0.716. The molecule has 0 aliphatic carbocycles. The van der Waals surface area contributed by atoms with E-state index >= 15 is 0 Å². The first kappa shape index (κ1) is 19.6. The molecule has 3 aromatic rings. The number of urea groups is 1. The number of carbonyl (C=O) groups excluding carboxylic acids is 3. The summed E-state index contributed by atoms with van der Waals surface area (Å²) in [6, 6.07) is 12.2. The maximum atomic E-state index is 13.0. The third kappa shape index (κ3) is 3.89. The van der Waals surface area contributed by atoms with Gasteiger partial charge < -0.3 is 15.2 Å². The molecule has 1 fully saturated rings. The van der Waals surface area contributed by atoms with Gasteiger partial charge in [-0.3, -0.25) is 14.5 Å². The second kappa shape index (κ2) is 7.98. The summed E-state index contributed by atoms with van der Waals surface area (Å²) in [5.41, 5.74) is 2.63. The molecule has 1 saturated heterocycles. The number of benzene rings is 2. The molecule has 0 saturated carbocycles. The van der Waals surface area contributed by atoms with Crippen LogP contribution in [0.2, 0.25) is 0 Å². The van der Waals surface area contributed by atoms with Crippen LogP contribution in [-0.2, 0) is 22.6 Å². The number of imide groups is 1. The first-order valence-electron chi connectivity index (χ1n) is 9.57. The van der Waals surface area contributed by atoms with Crippen molar-refractivity contribution in [3.8, 4) is 0 Å². The molecule has 7 nitrogen and oxygen atoms in total. The summed E-state index contributed by atoms with van der Waals surface area (Å²) < 4.78 is 13.0. The highest BCUT2D eigenvalue weighted by Gasteiger charge is 2.39.